The second-order valence-electron chi connectivity index (χ2n) is 7.59. The molecular formula is C18H26SSi2. The third kappa shape index (κ3) is 4.12. The fraction of sp³-hybridized carbons (Fsp3) is 0.333. The highest BCUT2D eigenvalue weighted by Crippen LogP contribution is 2.28. The van der Waals surface area contributed by atoms with Crippen molar-refractivity contribution in [2.24, 2.45) is 0 Å². The van der Waals surface area contributed by atoms with E-state index in [1.54, 1.807) is 10.4 Å². The van der Waals surface area contributed by atoms with Crippen LogP contribution in [0.5, 0.6) is 0 Å². The summed E-state index contributed by atoms with van der Waals surface area (Å²) >= 11 is 1.96. The van der Waals surface area contributed by atoms with E-state index in [0.717, 1.165) is 0 Å². The van der Waals surface area contributed by atoms with Crippen molar-refractivity contribution < 1.29 is 0 Å². The van der Waals surface area contributed by atoms with Crippen LogP contribution in [-0.2, 0) is 0 Å². The molecule has 0 saturated carbocycles. The number of benzene rings is 2. The van der Waals surface area contributed by atoms with Crippen LogP contribution in [0.3, 0.4) is 0 Å². The second-order valence-corrected chi connectivity index (χ2v) is 18.8. The first-order chi connectivity index (χ1) is 9.69. The van der Waals surface area contributed by atoms with Gasteiger partial charge in [0.2, 0.25) is 0 Å². The Balaban J connectivity index is 2.45. The molecule has 0 saturated heterocycles. The number of hydrogen-bond acceptors (Lipinski definition) is 1. The molecule has 0 aromatic heterocycles. The van der Waals surface area contributed by atoms with Gasteiger partial charge in [-0.3, -0.25) is 0 Å². The van der Waals surface area contributed by atoms with Crippen LogP contribution in [0.2, 0.25) is 39.3 Å². The van der Waals surface area contributed by atoms with Gasteiger partial charge in [0.25, 0.3) is 0 Å². The standard InChI is InChI=1S/C18H26SSi2/c1-20(2,3)17-13-9-7-11-15(17)19-16-12-8-10-14-18(16)21(4,5)6/h7-14H,1-6H3. The summed E-state index contributed by atoms with van der Waals surface area (Å²) in [6.45, 7) is 14.6. The van der Waals surface area contributed by atoms with Gasteiger partial charge in [0.15, 0.2) is 0 Å². The fourth-order valence-electron chi connectivity index (χ4n) is 2.47. The Hall–Kier alpha value is -0.776. The third-order valence-electron chi connectivity index (χ3n) is 3.61. The second kappa shape index (κ2) is 6.15. The first kappa shape index (κ1) is 16.6. The molecule has 2 rings (SSSR count). The molecule has 0 spiro atoms. The molecule has 2 aromatic rings. The van der Waals surface area contributed by atoms with Crippen LogP contribution in [0.25, 0.3) is 0 Å². The van der Waals surface area contributed by atoms with Crippen molar-refractivity contribution in [2.75, 3.05) is 0 Å². The van der Waals surface area contributed by atoms with E-state index in [-0.39, 0.29) is 0 Å². The zero-order valence-electron chi connectivity index (χ0n) is 14.0. The smallest absolute Gasteiger partial charge is 0.0790 e. The van der Waals surface area contributed by atoms with Crippen molar-refractivity contribution in [2.45, 2.75) is 49.1 Å². The predicted molar refractivity (Wildman–Crippen MR) is 103 cm³/mol. The average Bonchev–Trinajstić information content (AvgIpc) is 2.37. The molecule has 0 amide bonds. The zero-order chi connectivity index (χ0) is 15.7. The van der Waals surface area contributed by atoms with Crippen LogP contribution in [-0.4, -0.2) is 16.1 Å². The van der Waals surface area contributed by atoms with Gasteiger partial charge >= 0.3 is 0 Å². The van der Waals surface area contributed by atoms with Gasteiger partial charge in [0, 0.05) is 9.79 Å². The van der Waals surface area contributed by atoms with Crippen LogP contribution in [0.1, 0.15) is 0 Å². The Morgan fingerprint density at radius 3 is 1.24 bits per heavy atom. The van der Waals surface area contributed by atoms with E-state index in [0.29, 0.717) is 0 Å². The van der Waals surface area contributed by atoms with Gasteiger partial charge in [-0.1, -0.05) is 87.4 Å². The lowest BCUT2D eigenvalue weighted by atomic mass is 10.4. The monoisotopic (exact) mass is 330 g/mol. The highest BCUT2D eigenvalue weighted by atomic mass is 32.2. The van der Waals surface area contributed by atoms with Gasteiger partial charge in [-0.05, 0) is 22.5 Å². The van der Waals surface area contributed by atoms with Crippen molar-refractivity contribution in [3.05, 3.63) is 48.5 Å². The van der Waals surface area contributed by atoms with Crippen molar-refractivity contribution in [3.8, 4) is 0 Å². The minimum atomic E-state index is -1.30. The average molecular weight is 331 g/mol. The summed E-state index contributed by atoms with van der Waals surface area (Å²) in [4.78, 5) is 2.89. The summed E-state index contributed by atoms with van der Waals surface area (Å²) in [7, 11) is -2.61. The van der Waals surface area contributed by atoms with E-state index in [2.05, 4.69) is 87.8 Å². The van der Waals surface area contributed by atoms with E-state index < -0.39 is 16.1 Å². The quantitative estimate of drug-likeness (QED) is 0.716. The maximum Gasteiger partial charge on any atom is 0.0790 e. The summed E-state index contributed by atoms with van der Waals surface area (Å²) in [6.07, 6.45) is 0. The lowest BCUT2D eigenvalue weighted by Crippen LogP contribution is -2.40. The van der Waals surface area contributed by atoms with Crippen molar-refractivity contribution in [3.63, 3.8) is 0 Å². The Labute approximate surface area is 136 Å². The molecule has 0 radical (unpaired) electrons. The number of rotatable bonds is 4. The summed E-state index contributed by atoms with van der Waals surface area (Å²) < 4.78 is 0. The topological polar surface area (TPSA) is 0 Å². The lowest BCUT2D eigenvalue weighted by molar-refractivity contribution is 1.43. The van der Waals surface area contributed by atoms with Crippen LogP contribution in [0, 0.1) is 0 Å². The van der Waals surface area contributed by atoms with E-state index >= 15 is 0 Å². The predicted octanol–water partition coefficient (Wildman–Crippen LogP) is 4.93. The molecule has 0 aliphatic carbocycles. The molecule has 0 heterocycles. The molecule has 0 aliphatic heterocycles. The maximum absolute atomic E-state index is 2.43. The van der Waals surface area contributed by atoms with E-state index in [9.17, 15) is 0 Å². The molecule has 0 unspecified atom stereocenters. The molecule has 21 heavy (non-hydrogen) atoms. The van der Waals surface area contributed by atoms with Crippen molar-refractivity contribution >= 4 is 38.3 Å². The van der Waals surface area contributed by atoms with Crippen LogP contribution in [0.4, 0.5) is 0 Å². The molecule has 0 fully saturated rings. The minimum absolute atomic E-state index is 1.30. The minimum Gasteiger partial charge on any atom is -0.0903 e. The molecular weight excluding hydrogens is 304 g/mol. The zero-order valence-corrected chi connectivity index (χ0v) is 16.8. The molecule has 2 aromatic carbocycles. The van der Waals surface area contributed by atoms with Crippen molar-refractivity contribution in [1.82, 2.24) is 0 Å². The summed E-state index contributed by atoms with van der Waals surface area (Å²) in [5.41, 5.74) is 0. The van der Waals surface area contributed by atoms with Crippen LogP contribution < -0.4 is 10.4 Å². The van der Waals surface area contributed by atoms with Gasteiger partial charge in [-0.2, -0.15) is 0 Å². The van der Waals surface area contributed by atoms with E-state index in [1.165, 1.54) is 9.79 Å². The third-order valence-corrected chi connectivity index (χ3v) is 9.23. The van der Waals surface area contributed by atoms with Crippen LogP contribution in [0.15, 0.2) is 58.3 Å². The summed E-state index contributed by atoms with van der Waals surface area (Å²) in [6, 6.07) is 17.9. The summed E-state index contributed by atoms with van der Waals surface area (Å²) in [5.74, 6) is 0. The molecule has 0 atom stereocenters. The Bertz CT molecular complexity index is 566. The van der Waals surface area contributed by atoms with E-state index in [4.69, 9.17) is 0 Å². The SMILES string of the molecule is C[Si](C)(C)c1ccccc1Sc1ccccc1[Si](C)(C)C. The Morgan fingerprint density at radius 1 is 0.571 bits per heavy atom. The van der Waals surface area contributed by atoms with Crippen molar-refractivity contribution in [1.29, 1.82) is 0 Å². The molecule has 0 N–H and O–H groups in total. The summed E-state index contributed by atoms with van der Waals surface area (Å²) in [5, 5.41) is 3.14. The fourth-order valence-corrected chi connectivity index (χ4v) is 8.34. The highest BCUT2D eigenvalue weighted by molar-refractivity contribution is 7.99. The number of hydrogen-bond donors (Lipinski definition) is 0. The first-order valence-electron chi connectivity index (χ1n) is 7.56. The van der Waals surface area contributed by atoms with Gasteiger partial charge in [0.1, 0.15) is 0 Å². The van der Waals surface area contributed by atoms with Gasteiger partial charge < -0.3 is 0 Å². The first-order valence-corrected chi connectivity index (χ1v) is 15.4. The molecule has 3 heteroatoms. The van der Waals surface area contributed by atoms with E-state index in [1.807, 2.05) is 11.8 Å². The largest absolute Gasteiger partial charge is 0.0903 e. The Morgan fingerprint density at radius 2 is 0.905 bits per heavy atom. The molecule has 0 bridgehead atoms. The molecule has 0 nitrogen and oxygen atoms in total. The maximum atomic E-state index is 2.43. The highest BCUT2D eigenvalue weighted by Gasteiger charge is 2.23. The molecule has 112 valence electrons. The molecule has 0 aliphatic rings. The van der Waals surface area contributed by atoms with Gasteiger partial charge in [0.05, 0.1) is 16.1 Å². The normalized spacial score (nSPS) is 12.5. The van der Waals surface area contributed by atoms with Crippen LogP contribution >= 0.6 is 11.8 Å². The van der Waals surface area contributed by atoms with Gasteiger partial charge in [-0.25, -0.2) is 0 Å². The lowest BCUT2D eigenvalue weighted by Gasteiger charge is -2.23. The van der Waals surface area contributed by atoms with Gasteiger partial charge in [-0.15, -0.1) is 0 Å². The Kier molecular flexibility index (Phi) is 4.86.